The molecule has 0 fully saturated rings. The monoisotopic (exact) mass is 232 g/mol. The van der Waals surface area contributed by atoms with Gasteiger partial charge >= 0.3 is 0 Å². The van der Waals surface area contributed by atoms with Crippen LogP contribution < -0.4 is 11.1 Å². The first-order valence-corrected chi connectivity index (χ1v) is 5.03. The highest BCUT2D eigenvalue weighted by Gasteiger charge is 2.06. The number of nitrogen functional groups attached to an aromatic ring is 1. The Hall–Kier alpha value is -2.44. The third-order valence-electron chi connectivity index (χ3n) is 2.27. The summed E-state index contributed by atoms with van der Waals surface area (Å²) < 4.78 is 0. The molecule has 17 heavy (non-hydrogen) atoms. The maximum Gasteiger partial charge on any atom is 0.193 e. The zero-order valence-corrected chi connectivity index (χ0v) is 9.27. The van der Waals surface area contributed by atoms with Crippen molar-refractivity contribution in [1.29, 1.82) is 0 Å². The molecule has 1 aromatic heterocycles. The van der Waals surface area contributed by atoms with Gasteiger partial charge in [0.1, 0.15) is 0 Å². The fourth-order valence-corrected chi connectivity index (χ4v) is 1.41. The molecule has 0 radical (unpaired) electrons. The molecular weight excluding hydrogens is 220 g/mol. The molecule has 0 bridgehead atoms. The molecule has 0 aliphatic carbocycles. The first kappa shape index (κ1) is 11.1. The Morgan fingerprint density at radius 2 is 2.35 bits per heavy atom. The van der Waals surface area contributed by atoms with E-state index in [4.69, 9.17) is 5.73 Å². The highest BCUT2D eigenvalue weighted by atomic mass is 16.1. The quantitative estimate of drug-likeness (QED) is 0.526. The van der Waals surface area contributed by atoms with Crippen LogP contribution in [0.4, 0.5) is 11.4 Å². The van der Waals surface area contributed by atoms with Crippen molar-refractivity contribution in [1.82, 2.24) is 20.6 Å². The number of nitrogens with two attached hydrogens (primary N) is 1. The van der Waals surface area contributed by atoms with Crippen LogP contribution in [-0.4, -0.2) is 26.4 Å². The summed E-state index contributed by atoms with van der Waals surface area (Å²) in [6, 6.07) is 5.19. The van der Waals surface area contributed by atoms with Crippen molar-refractivity contribution in [3.63, 3.8) is 0 Å². The number of hydrogen-bond donors (Lipinski definition) is 3. The average Bonchev–Trinajstić information content (AvgIpc) is 2.80. The van der Waals surface area contributed by atoms with Gasteiger partial charge in [-0.2, -0.15) is 5.21 Å². The number of hydrogen-bond acceptors (Lipinski definition) is 6. The number of carbonyl (C=O) groups is 1. The summed E-state index contributed by atoms with van der Waals surface area (Å²) in [7, 11) is 0. The highest BCUT2D eigenvalue weighted by molar-refractivity contribution is 5.99. The first-order chi connectivity index (χ1) is 8.16. The third-order valence-corrected chi connectivity index (χ3v) is 2.27. The van der Waals surface area contributed by atoms with Crippen molar-refractivity contribution in [2.24, 2.45) is 0 Å². The maximum atomic E-state index is 11.3. The molecule has 0 atom stereocenters. The summed E-state index contributed by atoms with van der Waals surface area (Å²) in [6.07, 6.45) is 0. The molecule has 88 valence electrons. The van der Waals surface area contributed by atoms with E-state index in [0.717, 1.165) is 5.69 Å². The van der Waals surface area contributed by atoms with Gasteiger partial charge in [0.25, 0.3) is 0 Å². The van der Waals surface area contributed by atoms with E-state index in [1.807, 2.05) is 0 Å². The molecule has 7 heteroatoms. The van der Waals surface area contributed by atoms with E-state index >= 15 is 0 Å². The number of aromatic nitrogens is 4. The zero-order chi connectivity index (χ0) is 12.3. The van der Waals surface area contributed by atoms with Gasteiger partial charge in [-0.25, -0.2) is 0 Å². The molecule has 1 aromatic carbocycles. The number of tetrazole rings is 1. The van der Waals surface area contributed by atoms with Crippen LogP contribution in [0.3, 0.4) is 0 Å². The highest BCUT2D eigenvalue weighted by Crippen LogP contribution is 2.18. The predicted octanol–water partition coefficient (Wildman–Crippen LogP) is 0.597. The summed E-state index contributed by atoms with van der Waals surface area (Å²) in [5.41, 5.74) is 7.46. The Kier molecular flexibility index (Phi) is 2.99. The summed E-state index contributed by atoms with van der Waals surface area (Å²) in [6.45, 7) is 1.91. The van der Waals surface area contributed by atoms with Crippen molar-refractivity contribution in [3.8, 4) is 0 Å². The van der Waals surface area contributed by atoms with Crippen LogP contribution in [0.25, 0.3) is 0 Å². The molecule has 0 aliphatic rings. The molecule has 0 saturated heterocycles. The van der Waals surface area contributed by atoms with Crippen molar-refractivity contribution in [2.45, 2.75) is 13.5 Å². The lowest BCUT2D eigenvalue weighted by Gasteiger charge is -2.07. The van der Waals surface area contributed by atoms with Gasteiger partial charge in [-0.15, -0.1) is 10.2 Å². The van der Waals surface area contributed by atoms with Crippen molar-refractivity contribution < 1.29 is 4.79 Å². The number of benzene rings is 1. The molecule has 0 amide bonds. The number of rotatable bonds is 4. The Morgan fingerprint density at radius 1 is 1.53 bits per heavy atom. The van der Waals surface area contributed by atoms with Crippen LogP contribution in [-0.2, 0) is 6.54 Å². The van der Waals surface area contributed by atoms with Crippen LogP contribution >= 0.6 is 0 Å². The number of ketones is 1. The fraction of sp³-hybridized carbons (Fsp3) is 0.200. The van der Waals surface area contributed by atoms with E-state index in [-0.39, 0.29) is 5.78 Å². The third kappa shape index (κ3) is 2.57. The molecule has 0 unspecified atom stereocenters. The minimum atomic E-state index is -0.0642. The summed E-state index contributed by atoms with van der Waals surface area (Å²) >= 11 is 0. The smallest absolute Gasteiger partial charge is 0.193 e. The minimum Gasteiger partial charge on any atom is -0.398 e. The van der Waals surface area contributed by atoms with Gasteiger partial charge < -0.3 is 11.1 Å². The van der Waals surface area contributed by atoms with Gasteiger partial charge in [-0.3, -0.25) is 4.79 Å². The maximum absolute atomic E-state index is 11.3. The number of Topliss-reactive ketones (excluding diaryl/α,β-unsaturated/α-hetero) is 1. The molecular formula is C10H12N6O. The topological polar surface area (TPSA) is 110 Å². The second-order valence-electron chi connectivity index (χ2n) is 3.54. The molecule has 7 nitrogen and oxygen atoms in total. The van der Waals surface area contributed by atoms with Crippen LogP contribution in [0.2, 0.25) is 0 Å². The summed E-state index contributed by atoms with van der Waals surface area (Å²) in [5.74, 6) is 0.483. The minimum absolute atomic E-state index is 0.0642. The van der Waals surface area contributed by atoms with E-state index in [0.29, 0.717) is 23.6 Å². The van der Waals surface area contributed by atoms with E-state index < -0.39 is 0 Å². The summed E-state index contributed by atoms with van der Waals surface area (Å²) in [4.78, 5) is 11.3. The van der Waals surface area contributed by atoms with Crippen LogP contribution in [0.1, 0.15) is 23.1 Å². The Balaban J connectivity index is 2.11. The number of nitrogens with zero attached hydrogens (tertiary/aromatic N) is 3. The molecule has 2 aromatic rings. The SMILES string of the molecule is CC(=O)c1cc(NCc2nn[nH]n2)ccc1N. The number of carbonyl (C=O) groups excluding carboxylic acids is 1. The lowest BCUT2D eigenvalue weighted by atomic mass is 10.1. The molecule has 0 spiro atoms. The lowest BCUT2D eigenvalue weighted by molar-refractivity contribution is 0.101. The van der Waals surface area contributed by atoms with Gasteiger partial charge in [0.05, 0.1) is 6.54 Å². The zero-order valence-electron chi connectivity index (χ0n) is 9.27. The van der Waals surface area contributed by atoms with Gasteiger partial charge in [0, 0.05) is 16.9 Å². The lowest BCUT2D eigenvalue weighted by Crippen LogP contribution is -2.04. The molecule has 0 aliphatic heterocycles. The second-order valence-corrected chi connectivity index (χ2v) is 3.54. The van der Waals surface area contributed by atoms with Gasteiger partial charge in [-0.05, 0) is 25.1 Å². The average molecular weight is 232 g/mol. The Bertz CT molecular complexity index is 522. The van der Waals surface area contributed by atoms with Crippen LogP contribution in [0.5, 0.6) is 0 Å². The van der Waals surface area contributed by atoms with Crippen LogP contribution in [0, 0.1) is 0 Å². The molecule has 2 rings (SSSR count). The number of anilines is 2. The first-order valence-electron chi connectivity index (χ1n) is 5.03. The standard InChI is InChI=1S/C10H12N6O/c1-6(17)8-4-7(2-3-9(8)11)12-5-10-13-15-16-14-10/h2-4,12H,5,11H2,1H3,(H,13,14,15,16). The van der Waals surface area contributed by atoms with Gasteiger partial charge in [0.2, 0.25) is 0 Å². The number of aromatic amines is 1. The second kappa shape index (κ2) is 4.60. The van der Waals surface area contributed by atoms with Crippen molar-refractivity contribution in [2.75, 3.05) is 11.1 Å². The fourth-order valence-electron chi connectivity index (χ4n) is 1.41. The van der Waals surface area contributed by atoms with Gasteiger partial charge in [0.15, 0.2) is 11.6 Å². The van der Waals surface area contributed by atoms with Crippen LogP contribution in [0.15, 0.2) is 18.2 Å². The van der Waals surface area contributed by atoms with E-state index in [9.17, 15) is 4.79 Å². The van der Waals surface area contributed by atoms with E-state index in [1.54, 1.807) is 18.2 Å². The predicted molar refractivity (Wildman–Crippen MR) is 62.4 cm³/mol. The summed E-state index contributed by atoms with van der Waals surface area (Å²) in [5, 5.41) is 16.5. The van der Waals surface area contributed by atoms with Crippen molar-refractivity contribution in [3.05, 3.63) is 29.6 Å². The van der Waals surface area contributed by atoms with E-state index in [2.05, 4.69) is 25.9 Å². The Labute approximate surface area is 97.4 Å². The molecule has 1 heterocycles. The van der Waals surface area contributed by atoms with Crippen molar-refractivity contribution >= 4 is 17.2 Å². The molecule has 4 N–H and O–H groups in total. The van der Waals surface area contributed by atoms with Gasteiger partial charge in [-0.1, -0.05) is 5.21 Å². The van der Waals surface area contributed by atoms with E-state index in [1.165, 1.54) is 6.92 Å². The number of H-pyrrole nitrogens is 1. The largest absolute Gasteiger partial charge is 0.398 e. The molecule has 0 saturated carbocycles. The normalized spacial score (nSPS) is 10.2. The Morgan fingerprint density at radius 3 is 3.00 bits per heavy atom. The number of nitrogens with one attached hydrogen (secondary N) is 2.